The van der Waals surface area contributed by atoms with Crippen LogP contribution in [0.3, 0.4) is 0 Å². The normalized spacial score (nSPS) is 57.3. The van der Waals surface area contributed by atoms with Crippen molar-refractivity contribution in [2.45, 2.75) is 91.6 Å². The van der Waals surface area contributed by atoms with Gasteiger partial charge in [-0.25, -0.2) is 0 Å². The quantitative estimate of drug-likeness (QED) is 0.661. The van der Waals surface area contributed by atoms with Crippen molar-refractivity contribution in [3.63, 3.8) is 0 Å². The molecule has 1 heteroatoms. The maximum Gasteiger partial charge on any atom is 0.0545 e. The van der Waals surface area contributed by atoms with E-state index < -0.39 is 0 Å². The molecular weight excluding hydrogens is 280 g/mol. The summed E-state index contributed by atoms with van der Waals surface area (Å²) in [4.78, 5) is 0. The van der Waals surface area contributed by atoms with Crippen LogP contribution in [0.15, 0.2) is 0 Å². The number of fused-ring (bicyclic) bond motifs is 5. The zero-order valence-corrected chi connectivity index (χ0v) is 15.9. The van der Waals surface area contributed by atoms with Gasteiger partial charge in [0, 0.05) is 0 Å². The van der Waals surface area contributed by atoms with Gasteiger partial charge < -0.3 is 5.11 Å². The van der Waals surface area contributed by atoms with Crippen molar-refractivity contribution < 1.29 is 5.11 Å². The van der Waals surface area contributed by atoms with Crippen LogP contribution < -0.4 is 0 Å². The Balaban J connectivity index is 1.60. The second kappa shape index (κ2) is 5.48. The average molecular weight is 319 g/mol. The van der Waals surface area contributed by atoms with E-state index in [1.807, 2.05) is 6.92 Å². The molecule has 0 aromatic rings. The highest BCUT2D eigenvalue weighted by Crippen LogP contribution is 2.68. The lowest BCUT2D eigenvalue weighted by Crippen LogP contribution is -2.53. The van der Waals surface area contributed by atoms with E-state index in [4.69, 9.17) is 0 Å². The first kappa shape index (κ1) is 16.4. The molecule has 0 amide bonds. The molecule has 0 heterocycles. The first-order valence-electron chi connectivity index (χ1n) is 10.5. The standard InChI is InChI=1S/C22H38O/c1-14-9-11-21(3)16(13-14)5-6-17-19-8-7-18(15(2)23)22(19,4)12-10-20(17)21/h14-20,23H,5-13H2,1-4H3/t14?,15?,16-,17?,18?,19-,20-,21?,22?/m0/s1. The van der Waals surface area contributed by atoms with E-state index in [0.29, 0.717) is 16.7 Å². The summed E-state index contributed by atoms with van der Waals surface area (Å²) < 4.78 is 0. The van der Waals surface area contributed by atoms with Gasteiger partial charge in [-0.3, -0.25) is 0 Å². The molecule has 4 aliphatic rings. The number of rotatable bonds is 1. The van der Waals surface area contributed by atoms with Gasteiger partial charge in [-0.15, -0.1) is 0 Å². The summed E-state index contributed by atoms with van der Waals surface area (Å²) in [7, 11) is 0. The minimum absolute atomic E-state index is 0.107. The zero-order chi connectivity index (χ0) is 16.4. The van der Waals surface area contributed by atoms with E-state index in [-0.39, 0.29) is 6.10 Å². The minimum Gasteiger partial charge on any atom is -0.393 e. The second-order valence-electron chi connectivity index (χ2n) is 10.5. The Bertz CT molecular complexity index is 457. The van der Waals surface area contributed by atoms with E-state index in [0.717, 1.165) is 29.6 Å². The van der Waals surface area contributed by atoms with Crippen LogP contribution in [0.4, 0.5) is 0 Å². The molecule has 6 unspecified atom stereocenters. The first-order chi connectivity index (χ1) is 10.9. The summed E-state index contributed by atoms with van der Waals surface area (Å²) in [5, 5.41) is 10.3. The van der Waals surface area contributed by atoms with E-state index in [1.165, 1.54) is 57.8 Å². The summed E-state index contributed by atoms with van der Waals surface area (Å²) in [6.07, 6.45) is 12.8. The van der Waals surface area contributed by atoms with E-state index >= 15 is 0 Å². The predicted octanol–water partition coefficient (Wildman–Crippen LogP) is 5.66. The molecule has 132 valence electrons. The summed E-state index contributed by atoms with van der Waals surface area (Å²) in [6.45, 7) is 9.73. The van der Waals surface area contributed by atoms with Crippen LogP contribution in [-0.2, 0) is 0 Å². The summed E-state index contributed by atoms with van der Waals surface area (Å²) in [6, 6.07) is 0. The Morgan fingerprint density at radius 3 is 2.30 bits per heavy atom. The summed E-state index contributed by atoms with van der Waals surface area (Å²) >= 11 is 0. The monoisotopic (exact) mass is 318 g/mol. The molecule has 4 rings (SSSR count). The highest BCUT2D eigenvalue weighted by atomic mass is 16.3. The smallest absolute Gasteiger partial charge is 0.0545 e. The van der Waals surface area contributed by atoms with Gasteiger partial charge in [-0.05, 0) is 105 Å². The maximum absolute atomic E-state index is 10.3. The fourth-order valence-electron chi connectivity index (χ4n) is 8.31. The minimum atomic E-state index is -0.107. The molecule has 23 heavy (non-hydrogen) atoms. The third kappa shape index (κ3) is 2.28. The Morgan fingerprint density at radius 1 is 0.870 bits per heavy atom. The molecule has 0 aromatic heterocycles. The Labute approximate surface area is 143 Å². The molecule has 4 saturated carbocycles. The highest BCUT2D eigenvalue weighted by Gasteiger charge is 2.60. The fourth-order valence-corrected chi connectivity index (χ4v) is 8.31. The van der Waals surface area contributed by atoms with E-state index in [9.17, 15) is 5.11 Å². The van der Waals surface area contributed by atoms with Gasteiger partial charge in [0.25, 0.3) is 0 Å². The van der Waals surface area contributed by atoms with Crippen molar-refractivity contribution >= 4 is 0 Å². The largest absolute Gasteiger partial charge is 0.393 e. The summed E-state index contributed by atoms with van der Waals surface area (Å²) in [5.74, 6) is 5.38. The van der Waals surface area contributed by atoms with Crippen LogP contribution in [0.25, 0.3) is 0 Å². The lowest BCUT2D eigenvalue weighted by Gasteiger charge is -2.61. The predicted molar refractivity (Wildman–Crippen MR) is 96.1 cm³/mol. The van der Waals surface area contributed by atoms with Crippen LogP contribution in [0.1, 0.15) is 85.5 Å². The molecule has 9 atom stereocenters. The fraction of sp³-hybridized carbons (Fsp3) is 1.00. The molecule has 0 spiro atoms. The van der Waals surface area contributed by atoms with Crippen LogP contribution in [0.2, 0.25) is 0 Å². The van der Waals surface area contributed by atoms with Gasteiger partial charge in [0.15, 0.2) is 0 Å². The average Bonchev–Trinajstić information content (AvgIpc) is 2.85. The van der Waals surface area contributed by atoms with Crippen LogP contribution in [0, 0.1) is 46.3 Å². The third-order valence-electron chi connectivity index (χ3n) is 9.58. The molecule has 0 saturated heterocycles. The Hall–Kier alpha value is -0.0400. The first-order valence-corrected chi connectivity index (χ1v) is 10.5. The lowest BCUT2D eigenvalue weighted by atomic mass is 9.44. The van der Waals surface area contributed by atoms with Crippen molar-refractivity contribution in [2.24, 2.45) is 46.3 Å². The van der Waals surface area contributed by atoms with Crippen LogP contribution in [-0.4, -0.2) is 11.2 Å². The SMILES string of the molecule is CC1CCC2(C)[C@@H](CCC3[C@@H]4CCC(C(C)O)C4(C)CC[C@@H]32)C1. The number of hydrogen-bond donors (Lipinski definition) is 1. The molecular formula is C22H38O. The molecule has 0 radical (unpaired) electrons. The second-order valence-corrected chi connectivity index (χ2v) is 10.5. The summed E-state index contributed by atoms with van der Waals surface area (Å²) in [5.41, 5.74) is 1.07. The van der Waals surface area contributed by atoms with E-state index in [1.54, 1.807) is 0 Å². The molecule has 0 aliphatic heterocycles. The van der Waals surface area contributed by atoms with Crippen molar-refractivity contribution in [3.8, 4) is 0 Å². The maximum atomic E-state index is 10.3. The van der Waals surface area contributed by atoms with Gasteiger partial charge in [0.1, 0.15) is 0 Å². The third-order valence-corrected chi connectivity index (χ3v) is 9.58. The zero-order valence-electron chi connectivity index (χ0n) is 15.9. The van der Waals surface area contributed by atoms with Crippen molar-refractivity contribution in [1.82, 2.24) is 0 Å². The Kier molecular flexibility index (Phi) is 3.91. The van der Waals surface area contributed by atoms with Crippen LogP contribution >= 0.6 is 0 Å². The number of aliphatic hydroxyl groups is 1. The number of hydrogen-bond acceptors (Lipinski definition) is 1. The lowest BCUT2D eigenvalue weighted by molar-refractivity contribution is -0.123. The van der Waals surface area contributed by atoms with Gasteiger partial charge in [-0.2, -0.15) is 0 Å². The van der Waals surface area contributed by atoms with Gasteiger partial charge in [0.05, 0.1) is 6.10 Å². The Morgan fingerprint density at radius 2 is 1.57 bits per heavy atom. The molecule has 4 fully saturated rings. The van der Waals surface area contributed by atoms with Crippen molar-refractivity contribution in [3.05, 3.63) is 0 Å². The van der Waals surface area contributed by atoms with Crippen molar-refractivity contribution in [2.75, 3.05) is 0 Å². The molecule has 0 bridgehead atoms. The van der Waals surface area contributed by atoms with Gasteiger partial charge >= 0.3 is 0 Å². The molecule has 1 nitrogen and oxygen atoms in total. The molecule has 0 aromatic carbocycles. The molecule has 4 aliphatic carbocycles. The van der Waals surface area contributed by atoms with Gasteiger partial charge in [0.2, 0.25) is 0 Å². The van der Waals surface area contributed by atoms with Gasteiger partial charge in [-0.1, -0.05) is 27.2 Å². The van der Waals surface area contributed by atoms with Crippen LogP contribution in [0.5, 0.6) is 0 Å². The number of aliphatic hydroxyl groups excluding tert-OH is 1. The topological polar surface area (TPSA) is 20.2 Å². The van der Waals surface area contributed by atoms with E-state index in [2.05, 4.69) is 20.8 Å². The molecule has 1 N–H and O–H groups in total. The highest BCUT2D eigenvalue weighted by molar-refractivity contribution is 5.09. The van der Waals surface area contributed by atoms with Crippen molar-refractivity contribution in [1.29, 1.82) is 0 Å².